The molecule has 0 spiro atoms. The molecule has 0 amide bonds. The maximum atomic E-state index is 13.5. The lowest BCUT2D eigenvalue weighted by Gasteiger charge is -2.26. The highest BCUT2D eigenvalue weighted by Crippen LogP contribution is 2.27. The lowest BCUT2D eigenvalue weighted by molar-refractivity contribution is 0.214. The van der Waals surface area contributed by atoms with Gasteiger partial charge in [-0.05, 0) is 74.5 Å². The first-order chi connectivity index (χ1) is 16.2. The van der Waals surface area contributed by atoms with E-state index in [1.54, 1.807) is 24.3 Å². The molecule has 0 radical (unpaired) electrons. The summed E-state index contributed by atoms with van der Waals surface area (Å²) in [5, 5.41) is 13.5. The average molecular weight is 469 g/mol. The van der Waals surface area contributed by atoms with Crippen LogP contribution in [0.1, 0.15) is 31.0 Å². The van der Waals surface area contributed by atoms with Gasteiger partial charge in [0.1, 0.15) is 11.6 Å². The highest BCUT2D eigenvalue weighted by atomic mass is 32.2. The van der Waals surface area contributed by atoms with Crippen LogP contribution in [-0.2, 0) is 12.3 Å². The maximum Gasteiger partial charge on any atom is 0.237 e. The summed E-state index contributed by atoms with van der Waals surface area (Å²) in [6.45, 7) is 2.75. The van der Waals surface area contributed by atoms with Crippen LogP contribution in [0.3, 0.4) is 0 Å². The van der Waals surface area contributed by atoms with E-state index in [4.69, 9.17) is 4.52 Å². The van der Waals surface area contributed by atoms with Gasteiger partial charge in [0.2, 0.25) is 11.7 Å². The van der Waals surface area contributed by atoms with Crippen LogP contribution in [0.2, 0.25) is 0 Å². The summed E-state index contributed by atoms with van der Waals surface area (Å²) in [7, 11) is 0. The normalized spacial score (nSPS) is 14.6. The van der Waals surface area contributed by atoms with Gasteiger partial charge in [-0.15, -0.1) is 10.2 Å². The minimum absolute atomic E-state index is 0.294. The Morgan fingerprint density at radius 2 is 1.58 bits per heavy atom. The Bertz CT molecular complexity index is 1200. The van der Waals surface area contributed by atoms with Crippen LogP contribution in [-0.4, -0.2) is 42.9 Å². The smallest absolute Gasteiger partial charge is 0.237 e. The molecule has 1 aliphatic heterocycles. The minimum atomic E-state index is -0.321. The van der Waals surface area contributed by atoms with Gasteiger partial charge in [-0.1, -0.05) is 23.3 Å². The molecule has 33 heavy (non-hydrogen) atoms. The lowest BCUT2D eigenvalue weighted by atomic mass is 10.1. The van der Waals surface area contributed by atoms with Crippen molar-refractivity contribution in [2.75, 3.05) is 13.1 Å². The van der Waals surface area contributed by atoms with Gasteiger partial charge in [0.25, 0.3) is 0 Å². The second kappa shape index (κ2) is 9.80. The predicted octanol–water partition coefficient (Wildman–Crippen LogP) is 4.87. The fourth-order valence-corrected chi connectivity index (χ4v) is 4.63. The summed E-state index contributed by atoms with van der Waals surface area (Å²) < 4.78 is 34.0. The van der Waals surface area contributed by atoms with Gasteiger partial charge in [-0.25, -0.2) is 8.78 Å². The van der Waals surface area contributed by atoms with Gasteiger partial charge in [-0.2, -0.15) is 4.98 Å². The largest absolute Gasteiger partial charge is 0.338 e. The van der Waals surface area contributed by atoms with Gasteiger partial charge in [0.05, 0.1) is 12.3 Å². The van der Waals surface area contributed by atoms with Crippen LogP contribution in [0.4, 0.5) is 8.78 Å². The molecule has 4 aromatic rings. The van der Waals surface area contributed by atoms with Crippen molar-refractivity contribution >= 4 is 11.8 Å². The summed E-state index contributed by atoms with van der Waals surface area (Å²) in [5.41, 5.74) is 1.48. The van der Waals surface area contributed by atoms with Crippen molar-refractivity contribution in [3.8, 4) is 17.1 Å². The Morgan fingerprint density at radius 1 is 0.879 bits per heavy atom. The molecule has 0 saturated carbocycles. The molecule has 0 N–H and O–H groups in total. The minimum Gasteiger partial charge on any atom is -0.338 e. The number of hydrogen-bond acceptors (Lipinski definition) is 7. The SMILES string of the molecule is Fc1ccc(-c2noc(CSc3nnc(CN4CCCCC4)n3-c3ccc(F)cc3)n2)cc1. The Morgan fingerprint density at radius 3 is 2.30 bits per heavy atom. The lowest BCUT2D eigenvalue weighted by Crippen LogP contribution is -2.30. The van der Waals surface area contributed by atoms with E-state index in [0.29, 0.717) is 34.7 Å². The number of likely N-dealkylation sites (tertiary alicyclic amines) is 1. The molecule has 0 bridgehead atoms. The molecule has 0 aliphatic carbocycles. The first kappa shape index (κ1) is 21.7. The zero-order valence-electron chi connectivity index (χ0n) is 17.8. The fraction of sp³-hybridized carbons (Fsp3) is 0.304. The van der Waals surface area contributed by atoms with E-state index < -0.39 is 0 Å². The van der Waals surface area contributed by atoms with Crippen LogP contribution in [0, 0.1) is 11.6 Å². The zero-order valence-corrected chi connectivity index (χ0v) is 18.6. The quantitative estimate of drug-likeness (QED) is 0.358. The molecule has 1 fully saturated rings. The van der Waals surface area contributed by atoms with Crippen molar-refractivity contribution in [1.29, 1.82) is 0 Å². The van der Waals surface area contributed by atoms with Gasteiger partial charge >= 0.3 is 0 Å². The third-order valence-corrected chi connectivity index (χ3v) is 6.41. The number of benzene rings is 2. The zero-order chi connectivity index (χ0) is 22.6. The Kier molecular flexibility index (Phi) is 6.45. The van der Waals surface area contributed by atoms with Gasteiger partial charge in [0.15, 0.2) is 11.0 Å². The monoisotopic (exact) mass is 468 g/mol. The van der Waals surface area contributed by atoms with Crippen LogP contribution < -0.4 is 0 Å². The molecule has 10 heteroatoms. The van der Waals surface area contributed by atoms with E-state index in [1.807, 2.05) is 4.57 Å². The van der Waals surface area contributed by atoms with E-state index in [2.05, 4.69) is 25.2 Å². The first-order valence-electron chi connectivity index (χ1n) is 10.8. The second-order valence-electron chi connectivity index (χ2n) is 7.85. The standard InChI is InChI=1S/C23H22F2N6OS/c24-17-6-4-16(5-7-17)22-26-21(32-29-22)15-33-23-28-27-20(14-30-12-2-1-3-13-30)31(23)19-10-8-18(25)9-11-19/h4-11H,1-3,12-15H2. The number of nitrogens with zero attached hydrogens (tertiary/aromatic N) is 6. The summed E-state index contributed by atoms with van der Waals surface area (Å²) in [6, 6.07) is 12.2. The average Bonchev–Trinajstić information content (AvgIpc) is 3.47. The molecule has 0 atom stereocenters. The number of aromatic nitrogens is 5. The predicted molar refractivity (Wildman–Crippen MR) is 120 cm³/mol. The van der Waals surface area contributed by atoms with Crippen molar-refractivity contribution in [3.63, 3.8) is 0 Å². The van der Waals surface area contributed by atoms with Crippen LogP contribution in [0.5, 0.6) is 0 Å². The van der Waals surface area contributed by atoms with E-state index >= 15 is 0 Å². The molecule has 2 aromatic carbocycles. The maximum absolute atomic E-state index is 13.5. The molecule has 1 saturated heterocycles. The van der Waals surface area contributed by atoms with Gasteiger partial charge in [0, 0.05) is 11.3 Å². The second-order valence-corrected chi connectivity index (χ2v) is 8.80. The first-order valence-corrected chi connectivity index (χ1v) is 11.8. The van der Waals surface area contributed by atoms with Crippen molar-refractivity contribution in [1.82, 2.24) is 29.8 Å². The number of rotatable bonds is 7. The summed E-state index contributed by atoms with van der Waals surface area (Å²) >= 11 is 1.41. The Hall–Kier alpha value is -3.11. The van der Waals surface area contributed by atoms with Crippen molar-refractivity contribution < 1.29 is 13.3 Å². The molecular weight excluding hydrogens is 446 g/mol. The van der Waals surface area contributed by atoms with Gasteiger partial charge < -0.3 is 4.52 Å². The van der Waals surface area contributed by atoms with E-state index in [0.717, 1.165) is 24.6 Å². The van der Waals surface area contributed by atoms with Crippen LogP contribution in [0.15, 0.2) is 58.2 Å². The van der Waals surface area contributed by atoms with Crippen LogP contribution >= 0.6 is 11.8 Å². The molecule has 1 aliphatic rings. The third kappa shape index (κ3) is 5.12. The molecule has 170 valence electrons. The molecule has 3 heterocycles. The topological polar surface area (TPSA) is 72.9 Å². The molecule has 5 rings (SSSR count). The summed E-state index contributed by atoms with van der Waals surface area (Å²) in [5.74, 6) is 1.40. The van der Waals surface area contributed by atoms with Crippen molar-refractivity contribution in [3.05, 3.63) is 71.9 Å². The van der Waals surface area contributed by atoms with Crippen molar-refractivity contribution in [2.45, 2.75) is 36.7 Å². The molecule has 7 nitrogen and oxygen atoms in total. The van der Waals surface area contributed by atoms with Crippen LogP contribution in [0.25, 0.3) is 17.1 Å². The molecular formula is C23H22F2N6OS. The number of piperidine rings is 1. The fourth-order valence-electron chi connectivity index (χ4n) is 3.82. The van der Waals surface area contributed by atoms with E-state index in [9.17, 15) is 8.78 Å². The van der Waals surface area contributed by atoms with Gasteiger partial charge in [-0.3, -0.25) is 9.47 Å². The summed E-state index contributed by atoms with van der Waals surface area (Å²) in [6.07, 6.45) is 3.62. The molecule has 2 aromatic heterocycles. The Balaban J connectivity index is 1.36. The molecule has 0 unspecified atom stereocenters. The highest BCUT2D eigenvalue weighted by Gasteiger charge is 2.20. The van der Waals surface area contributed by atoms with E-state index in [-0.39, 0.29) is 11.6 Å². The number of thioether (sulfide) groups is 1. The number of hydrogen-bond donors (Lipinski definition) is 0. The highest BCUT2D eigenvalue weighted by molar-refractivity contribution is 7.98. The third-order valence-electron chi connectivity index (χ3n) is 5.49. The van der Waals surface area contributed by atoms with E-state index in [1.165, 1.54) is 55.3 Å². The number of halogens is 2. The Labute approximate surface area is 193 Å². The summed E-state index contributed by atoms with van der Waals surface area (Å²) in [4.78, 5) is 6.77. The van der Waals surface area contributed by atoms with Crippen molar-refractivity contribution in [2.24, 2.45) is 0 Å².